The second-order valence-electron chi connectivity index (χ2n) is 6.41. The zero-order valence-corrected chi connectivity index (χ0v) is 16.0. The summed E-state index contributed by atoms with van der Waals surface area (Å²) in [6, 6.07) is 21.4. The summed E-state index contributed by atoms with van der Waals surface area (Å²) >= 11 is 0. The maximum absolute atomic E-state index is 13.3. The molecule has 3 aromatic carbocycles. The van der Waals surface area contributed by atoms with Crippen molar-refractivity contribution < 1.29 is 14.3 Å². The van der Waals surface area contributed by atoms with Crippen LogP contribution in [0.15, 0.2) is 77.6 Å². The molecule has 29 heavy (non-hydrogen) atoms. The lowest BCUT2D eigenvalue weighted by molar-refractivity contribution is -0.131. The standard InChI is InChI=1S/C23H18N2O4/c1-15(26)29-18-12-10-16(11-13-18)22-24-21-9-4-3-8-20(21)23(27)25(22)17-6-5-7-19(14-17)28-2/h3-14H,1-2H3. The van der Waals surface area contributed by atoms with E-state index in [9.17, 15) is 9.59 Å². The molecule has 0 amide bonds. The first kappa shape index (κ1) is 18.4. The van der Waals surface area contributed by atoms with Crippen LogP contribution in [-0.4, -0.2) is 22.6 Å². The van der Waals surface area contributed by atoms with E-state index < -0.39 is 5.97 Å². The maximum Gasteiger partial charge on any atom is 0.308 e. The monoisotopic (exact) mass is 386 g/mol. The minimum Gasteiger partial charge on any atom is -0.497 e. The number of hydrogen-bond acceptors (Lipinski definition) is 5. The Labute approximate surface area is 167 Å². The summed E-state index contributed by atoms with van der Waals surface area (Å²) in [6.07, 6.45) is 0. The number of ether oxygens (including phenoxy) is 2. The minimum absolute atomic E-state index is 0.178. The fourth-order valence-electron chi connectivity index (χ4n) is 3.15. The fraction of sp³-hybridized carbons (Fsp3) is 0.0870. The van der Waals surface area contributed by atoms with Crippen molar-refractivity contribution in [2.45, 2.75) is 6.92 Å². The van der Waals surface area contributed by atoms with E-state index in [0.29, 0.717) is 39.5 Å². The molecule has 4 rings (SSSR count). The molecule has 0 aliphatic carbocycles. The number of esters is 1. The number of carbonyl (C=O) groups is 1. The first-order valence-electron chi connectivity index (χ1n) is 9.02. The molecule has 6 nitrogen and oxygen atoms in total. The lowest BCUT2D eigenvalue weighted by atomic mass is 10.1. The summed E-state index contributed by atoms with van der Waals surface area (Å²) < 4.78 is 12.0. The summed E-state index contributed by atoms with van der Waals surface area (Å²) in [5.74, 6) is 1.15. The van der Waals surface area contributed by atoms with Gasteiger partial charge in [0, 0.05) is 18.6 Å². The molecule has 0 aliphatic heterocycles. The quantitative estimate of drug-likeness (QED) is 0.392. The Morgan fingerprint density at radius 1 is 0.931 bits per heavy atom. The van der Waals surface area contributed by atoms with E-state index in [2.05, 4.69) is 0 Å². The lowest BCUT2D eigenvalue weighted by Crippen LogP contribution is -2.22. The fourth-order valence-corrected chi connectivity index (χ4v) is 3.15. The smallest absolute Gasteiger partial charge is 0.308 e. The summed E-state index contributed by atoms with van der Waals surface area (Å²) in [6.45, 7) is 1.35. The van der Waals surface area contributed by atoms with Crippen LogP contribution in [0.3, 0.4) is 0 Å². The van der Waals surface area contributed by atoms with Crippen LogP contribution in [0.4, 0.5) is 0 Å². The van der Waals surface area contributed by atoms with Crippen LogP contribution in [0.2, 0.25) is 0 Å². The van der Waals surface area contributed by atoms with Crippen molar-refractivity contribution in [3.8, 4) is 28.6 Å². The first-order valence-corrected chi connectivity index (χ1v) is 9.02. The minimum atomic E-state index is -0.394. The Kier molecular flexibility index (Phi) is 4.83. The third-order valence-electron chi connectivity index (χ3n) is 4.46. The van der Waals surface area contributed by atoms with Crippen LogP contribution in [-0.2, 0) is 4.79 Å². The number of methoxy groups -OCH3 is 1. The molecule has 6 heteroatoms. The molecule has 1 heterocycles. The van der Waals surface area contributed by atoms with Gasteiger partial charge in [0.25, 0.3) is 5.56 Å². The number of rotatable bonds is 4. The van der Waals surface area contributed by atoms with Crippen LogP contribution in [0, 0.1) is 0 Å². The summed E-state index contributed by atoms with van der Waals surface area (Å²) in [5, 5.41) is 0.524. The second kappa shape index (κ2) is 7.59. The molecule has 0 spiro atoms. The number of carbonyl (C=O) groups excluding carboxylic acids is 1. The molecule has 0 bridgehead atoms. The van der Waals surface area contributed by atoms with E-state index in [1.165, 1.54) is 6.92 Å². The molecular weight excluding hydrogens is 368 g/mol. The summed E-state index contributed by atoms with van der Waals surface area (Å²) in [4.78, 5) is 29.3. The molecule has 0 unspecified atom stereocenters. The predicted octanol–water partition coefficient (Wildman–Crippen LogP) is 3.99. The Bertz CT molecular complexity index is 1260. The van der Waals surface area contributed by atoms with Gasteiger partial charge in [0.2, 0.25) is 0 Å². The predicted molar refractivity (Wildman–Crippen MR) is 111 cm³/mol. The van der Waals surface area contributed by atoms with Crippen molar-refractivity contribution >= 4 is 16.9 Å². The third-order valence-corrected chi connectivity index (χ3v) is 4.46. The first-order chi connectivity index (χ1) is 14.1. The molecule has 0 aliphatic rings. The van der Waals surface area contributed by atoms with Crippen molar-refractivity contribution in [2.24, 2.45) is 0 Å². The van der Waals surface area contributed by atoms with Crippen LogP contribution in [0.5, 0.6) is 11.5 Å². The molecular formula is C23H18N2O4. The van der Waals surface area contributed by atoms with Crippen molar-refractivity contribution in [2.75, 3.05) is 7.11 Å². The van der Waals surface area contributed by atoms with Crippen LogP contribution in [0.1, 0.15) is 6.92 Å². The van der Waals surface area contributed by atoms with Gasteiger partial charge in [-0.25, -0.2) is 4.98 Å². The van der Waals surface area contributed by atoms with E-state index in [1.807, 2.05) is 36.4 Å². The summed E-state index contributed by atoms with van der Waals surface area (Å²) in [7, 11) is 1.58. The number of benzene rings is 3. The molecule has 0 radical (unpaired) electrons. The maximum atomic E-state index is 13.3. The third kappa shape index (κ3) is 3.60. The van der Waals surface area contributed by atoms with Gasteiger partial charge in [-0.3, -0.25) is 14.2 Å². The zero-order valence-electron chi connectivity index (χ0n) is 16.0. The number of hydrogen-bond donors (Lipinski definition) is 0. The van der Waals surface area contributed by atoms with Crippen molar-refractivity contribution in [1.82, 2.24) is 9.55 Å². The summed E-state index contributed by atoms with van der Waals surface area (Å²) in [5.41, 5.74) is 1.79. The largest absolute Gasteiger partial charge is 0.497 e. The van der Waals surface area contributed by atoms with E-state index in [0.717, 1.165) is 0 Å². The van der Waals surface area contributed by atoms with Gasteiger partial charge in [0.1, 0.15) is 17.3 Å². The Hall–Kier alpha value is -3.93. The van der Waals surface area contributed by atoms with Crippen molar-refractivity contribution in [1.29, 1.82) is 0 Å². The molecule has 0 atom stereocenters. The van der Waals surface area contributed by atoms with Gasteiger partial charge in [0.15, 0.2) is 0 Å². The second-order valence-corrected chi connectivity index (χ2v) is 6.41. The number of fused-ring (bicyclic) bond motifs is 1. The number of para-hydroxylation sites is 1. The molecule has 144 valence electrons. The molecule has 0 N–H and O–H groups in total. The highest BCUT2D eigenvalue weighted by Gasteiger charge is 2.15. The molecule has 0 saturated heterocycles. The normalized spacial score (nSPS) is 10.7. The molecule has 0 saturated carbocycles. The highest BCUT2D eigenvalue weighted by atomic mass is 16.5. The molecule has 4 aromatic rings. The number of nitrogens with zero attached hydrogens (tertiary/aromatic N) is 2. The van der Waals surface area contributed by atoms with Crippen LogP contribution < -0.4 is 15.0 Å². The van der Waals surface area contributed by atoms with Gasteiger partial charge in [-0.15, -0.1) is 0 Å². The Balaban J connectivity index is 1.97. The Morgan fingerprint density at radius 3 is 2.41 bits per heavy atom. The highest BCUT2D eigenvalue weighted by Crippen LogP contribution is 2.25. The van der Waals surface area contributed by atoms with E-state index >= 15 is 0 Å². The Morgan fingerprint density at radius 2 is 1.69 bits per heavy atom. The van der Waals surface area contributed by atoms with Gasteiger partial charge < -0.3 is 9.47 Å². The number of aromatic nitrogens is 2. The van der Waals surface area contributed by atoms with Crippen molar-refractivity contribution in [3.63, 3.8) is 0 Å². The van der Waals surface area contributed by atoms with E-state index in [1.54, 1.807) is 48.1 Å². The SMILES string of the molecule is COc1cccc(-n2c(-c3ccc(OC(C)=O)cc3)nc3ccccc3c2=O)c1. The molecule has 0 fully saturated rings. The highest BCUT2D eigenvalue weighted by molar-refractivity contribution is 5.80. The van der Waals surface area contributed by atoms with Gasteiger partial charge in [-0.2, -0.15) is 0 Å². The van der Waals surface area contributed by atoms with E-state index in [4.69, 9.17) is 14.5 Å². The molecule has 1 aromatic heterocycles. The van der Waals surface area contributed by atoms with Crippen LogP contribution in [0.25, 0.3) is 28.0 Å². The van der Waals surface area contributed by atoms with E-state index in [-0.39, 0.29) is 5.56 Å². The average molecular weight is 386 g/mol. The zero-order chi connectivity index (χ0) is 20.4. The van der Waals surface area contributed by atoms with Crippen molar-refractivity contribution in [3.05, 3.63) is 83.2 Å². The van der Waals surface area contributed by atoms with Crippen LogP contribution >= 0.6 is 0 Å². The van der Waals surface area contributed by atoms with Gasteiger partial charge >= 0.3 is 5.97 Å². The lowest BCUT2D eigenvalue weighted by Gasteiger charge is -2.15. The van der Waals surface area contributed by atoms with Gasteiger partial charge in [0.05, 0.1) is 23.7 Å². The van der Waals surface area contributed by atoms with Gasteiger partial charge in [-0.1, -0.05) is 18.2 Å². The average Bonchev–Trinajstić information content (AvgIpc) is 2.74. The van der Waals surface area contributed by atoms with Gasteiger partial charge in [-0.05, 0) is 48.5 Å². The topological polar surface area (TPSA) is 70.4 Å².